The number of alkyl halides is 2. The van der Waals surface area contributed by atoms with Crippen LogP contribution in [0, 0.1) is 0 Å². The first-order valence-electron chi connectivity index (χ1n) is 4.12. The van der Waals surface area contributed by atoms with E-state index >= 15 is 0 Å². The molecule has 0 heterocycles. The van der Waals surface area contributed by atoms with Gasteiger partial charge in [0.2, 0.25) is 0 Å². The zero-order valence-electron chi connectivity index (χ0n) is 7.46. The molecule has 2 nitrogen and oxygen atoms in total. The van der Waals surface area contributed by atoms with E-state index in [9.17, 15) is 9.90 Å². The van der Waals surface area contributed by atoms with Crippen LogP contribution in [0.4, 0.5) is 0 Å². The summed E-state index contributed by atoms with van der Waals surface area (Å²) in [5.41, 5.74) is 1.35. The third-order valence-electron chi connectivity index (χ3n) is 1.92. The lowest BCUT2D eigenvalue weighted by atomic mass is 10.0. The van der Waals surface area contributed by atoms with Crippen molar-refractivity contribution in [3.63, 3.8) is 0 Å². The number of hydrogen-bond acceptors (Lipinski definition) is 2. The lowest BCUT2D eigenvalue weighted by molar-refractivity contribution is -0.116. The van der Waals surface area contributed by atoms with Gasteiger partial charge in [-0.05, 0) is 11.6 Å². The summed E-state index contributed by atoms with van der Waals surface area (Å²) in [5, 5.41) is 9.45. The Morgan fingerprint density at radius 3 is 2.64 bits per heavy atom. The molecule has 1 aromatic rings. The largest absolute Gasteiger partial charge is 0.508 e. The number of phenols is 1. The standard InChI is InChI=1S/C10H10Cl2O2/c11-5-8(13)4-7-2-1-3-10(14)9(7)6-12/h1-3,14H,4-6H2. The van der Waals surface area contributed by atoms with Gasteiger partial charge < -0.3 is 5.11 Å². The normalized spacial score (nSPS) is 10.1. The summed E-state index contributed by atoms with van der Waals surface area (Å²) in [4.78, 5) is 11.1. The average molecular weight is 233 g/mol. The van der Waals surface area contributed by atoms with Crippen molar-refractivity contribution in [1.29, 1.82) is 0 Å². The summed E-state index contributed by atoms with van der Waals surface area (Å²) in [6.45, 7) is 0. The van der Waals surface area contributed by atoms with Crippen LogP contribution in [0.2, 0.25) is 0 Å². The summed E-state index contributed by atoms with van der Waals surface area (Å²) in [5.74, 6) is 0.220. The molecule has 0 aliphatic heterocycles. The number of aromatic hydroxyl groups is 1. The van der Waals surface area contributed by atoms with Crippen molar-refractivity contribution in [2.24, 2.45) is 0 Å². The molecule has 0 atom stereocenters. The molecule has 1 N–H and O–H groups in total. The quantitative estimate of drug-likeness (QED) is 0.811. The molecule has 0 aliphatic carbocycles. The van der Waals surface area contributed by atoms with E-state index in [1.165, 1.54) is 0 Å². The van der Waals surface area contributed by atoms with Gasteiger partial charge in [0.1, 0.15) is 5.75 Å². The van der Waals surface area contributed by atoms with E-state index < -0.39 is 0 Å². The second kappa shape index (κ2) is 5.23. The van der Waals surface area contributed by atoms with Crippen LogP contribution in [0.1, 0.15) is 11.1 Å². The van der Waals surface area contributed by atoms with Crippen molar-refractivity contribution in [2.45, 2.75) is 12.3 Å². The fraction of sp³-hybridized carbons (Fsp3) is 0.300. The maximum Gasteiger partial charge on any atom is 0.151 e. The van der Waals surface area contributed by atoms with Crippen molar-refractivity contribution in [3.05, 3.63) is 29.3 Å². The Morgan fingerprint density at radius 1 is 1.36 bits per heavy atom. The van der Waals surface area contributed by atoms with Gasteiger partial charge in [0, 0.05) is 12.0 Å². The first-order valence-corrected chi connectivity index (χ1v) is 5.19. The van der Waals surface area contributed by atoms with Gasteiger partial charge in [-0.15, -0.1) is 23.2 Å². The van der Waals surface area contributed by atoms with Gasteiger partial charge in [-0.25, -0.2) is 0 Å². The highest BCUT2D eigenvalue weighted by Crippen LogP contribution is 2.23. The number of carbonyl (C=O) groups is 1. The van der Waals surface area contributed by atoms with Crippen LogP contribution in [0.15, 0.2) is 18.2 Å². The van der Waals surface area contributed by atoms with Crippen LogP contribution in [-0.2, 0) is 17.1 Å². The molecule has 1 aromatic carbocycles. The van der Waals surface area contributed by atoms with Crippen LogP contribution >= 0.6 is 23.2 Å². The maximum atomic E-state index is 11.1. The molecule has 0 amide bonds. The lowest BCUT2D eigenvalue weighted by Crippen LogP contribution is -2.05. The van der Waals surface area contributed by atoms with Crippen LogP contribution in [0.3, 0.4) is 0 Å². The zero-order valence-corrected chi connectivity index (χ0v) is 8.98. The fourth-order valence-electron chi connectivity index (χ4n) is 1.20. The van der Waals surface area contributed by atoms with E-state index in [2.05, 4.69) is 0 Å². The zero-order chi connectivity index (χ0) is 10.6. The van der Waals surface area contributed by atoms with E-state index in [4.69, 9.17) is 23.2 Å². The first kappa shape index (κ1) is 11.3. The van der Waals surface area contributed by atoms with Gasteiger partial charge in [0.05, 0.1) is 11.8 Å². The molecular weight excluding hydrogens is 223 g/mol. The highest BCUT2D eigenvalue weighted by molar-refractivity contribution is 6.27. The van der Waals surface area contributed by atoms with E-state index in [-0.39, 0.29) is 29.7 Å². The number of rotatable bonds is 4. The summed E-state index contributed by atoms with van der Waals surface area (Å²) in [7, 11) is 0. The van der Waals surface area contributed by atoms with Crippen LogP contribution in [-0.4, -0.2) is 16.8 Å². The molecule has 1 rings (SSSR count). The monoisotopic (exact) mass is 232 g/mol. The average Bonchev–Trinajstić information content (AvgIpc) is 2.18. The SMILES string of the molecule is O=C(CCl)Cc1cccc(O)c1CCl. The van der Waals surface area contributed by atoms with Crippen LogP contribution in [0.25, 0.3) is 0 Å². The Labute approximate surface area is 92.5 Å². The molecule has 0 aliphatic rings. The van der Waals surface area contributed by atoms with Gasteiger partial charge in [-0.1, -0.05) is 12.1 Å². The summed E-state index contributed by atoms with van der Waals surface area (Å²) in [6, 6.07) is 5.00. The number of ketones is 1. The number of carbonyl (C=O) groups excluding carboxylic acids is 1. The molecule has 0 saturated heterocycles. The maximum absolute atomic E-state index is 11.1. The van der Waals surface area contributed by atoms with E-state index in [0.717, 1.165) is 5.56 Å². The van der Waals surface area contributed by atoms with Gasteiger partial charge >= 0.3 is 0 Å². The van der Waals surface area contributed by atoms with Crippen molar-refractivity contribution in [3.8, 4) is 5.75 Å². The number of halogens is 2. The van der Waals surface area contributed by atoms with Crippen molar-refractivity contribution in [1.82, 2.24) is 0 Å². The van der Waals surface area contributed by atoms with Crippen LogP contribution in [0.5, 0.6) is 5.75 Å². The minimum absolute atomic E-state index is 0.0165. The topological polar surface area (TPSA) is 37.3 Å². The van der Waals surface area contributed by atoms with Crippen molar-refractivity contribution < 1.29 is 9.90 Å². The Kier molecular flexibility index (Phi) is 4.23. The molecular formula is C10H10Cl2O2. The summed E-state index contributed by atoms with van der Waals surface area (Å²) in [6.07, 6.45) is 0.222. The Bertz CT molecular complexity index is 337. The predicted octanol–water partition coefficient (Wildman–Crippen LogP) is 2.48. The third-order valence-corrected chi connectivity index (χ3v) is 2.48. The predicted molar refractivity (Wildman–Crippen MR) is 57.1 cm³/mol. The van der Waals surface area contributed by atoms with Gasteiger partial charge in [0.15, 0.2) is 5.78 Å². The second-order valence-electron chi connectivity index (χ2n) is 2.90. The Balaban J connectivity index is 2.96. The number of benzene rings is 1. The van der Waals surface area contributed by atoms with Gasteiger partial charge in [-0.3, -0.25) is 4.79 Å². The smallest absolute Gasteiger partial charge is 0.151 e. The van der Waals surface area contributed by atoms with Gasteiger partial charge in [0.25, 0.3) is 0 Å². The van der Waals surface area contributed by atoms with E-state index in [1.807, 2.05) is 0 Å². The van der Waals surface area contributed by atoms with E-state index in [0.29, 0.717) is 5.56 Å². The summed E-state index contributed by atoms with van der Waals surface area (Å²) < 4.78 is 0. The third kappa shape index (κ3) is 2.63. The Morgan fingerprint density at radius 2 is 2.07 bits per heavy atom. The van der Waals surface area contributed by atoms with Crippen LogP contribution < -0.4 is 0 Å². The minimum Gasteiger partial charge on any atom is -0.508 e. The van der Waals surface area contributed by atoms with Gasteiger partial charge in [-0.2, -0.15) is 0 Å². The second-order valence-corrected chi connectivity index (χ2v) is 3.43. The molecule has 14 heavy (non-hydrogen) atoms. The van der Waals surface area contributed by atoms with Crippen molar-refractivity contribution in [2.75, 3.05) is 5.88 Å². The molecule has 0 unspecified atom stereocenters. The molecule has 0 fully saturated rings. The highest BCUT2D eigenvalue weighted by atomic mass is 35.5. The lowest BCUT2D eigenvalue weighted by Gasteiger charge is -2.07. The molecule has 4 heteroatoms. The molecule has 0 radical (unpaired) electrons. The highest BCUT2D eigenvalue weighted by Gasteiger charge is 2.09. The summed E-state index contributed by atoms with van der Waals surface area (Å²) >= 11 is 11.1. The van der Waals surface area contributed by atoms with Crippen molar-refractivity contribution >= 4 is 29.0 Å². The number of hydrogen-bond donors (Lipinski definition) is 1. The fourth-order valence-corrected chi connectivity index (χ4v) is 1.60. The Hall–Kier alpha value is -0.730. The molecule has 0 aromatic heterocycles. The van der Waals surface area contributed by atoms with E-state index in [1.54, 1.807) is 18.2 Å². The number of Topliss-reactive ketones (excluding diaryl/α,β-unsaturated/α-hetero) is 1. The first-order chi connectivity index (χ1) is 6.69. The number of phenolic OH excluding ortho intramolecular Hbond substituents is 1. The minimum atomic E-state index is -0.0800. The molecule has 0 spiro atoms. The molecule has 0 saturated carbocycles. The molecule has 76 valence electrons. The molecule has 0 bridgehead atoms.